The summed E-state index contributed by atoms with van der Waals surface area (Å²) >= 11 is 1.90. The fourth-order valence-corrected chi connectivity index (χ4v) is 4.83. The lowest BCUT2D eigenvalue weighted by Gasteiger charge is -2.24. The molecule has 1 fully saturated rings. The second kappa shape index (κ2) is 5.41. The van der Waals surface area contributed by atoms with Crippen LogP contribution in [0.3, 0.4) is 0 Å². The quantitative estimate of drug-likeness (QED) is 0.894. The molecule has 2 atom stereocenters. The molecule has 108 valence electrons. The van der Waals surface area contributed by atoms with Gasteiger partial charge < -0.3 is 11.1 Å². The van der Waals surface area contributed by atoms with E-state index < -0.39 is 5.54 Å². The van der Waals surface area contributed by atoms with E-state index in [0.29, 0.717) is 5.25 Å². The Bertz CT molecular complexity index is 531. The SMILES string of the molecule is CNC1(C(N)=O)CCC(Sc2ccc3c(c2)CCC3)C1. The average molecular weight is 290 g/mol. The van der Waals surface area contributed by atoms with Crippen LogP contribution >= 0.6 is 11.8 Å². The summed E-state index contributed by atoms with van der Waals surface area (Å²) in [6, 6.07) is 6.86. The van der Waals surface area contributed by atoms with Gasteiger partial charge in [0.25, 0.3) is 0 Å². The van der Waals surface area contributed by atoms with Crippen LogP contribution in [0.4, 0.5) is 0 Å². The topological polar surface area (TPSA) is 55.1 Å². The third-order valence-corrected chi connectivity index (χ3v) is 6.05. The largest absolute Gasteiger partial charge is 0.368 e. The number of hydrogen-bond acceptors (Lipinski definition) is 3. The number of fused-ring (bicyclic) bond motifs is 1. The Labute approximate surface area is 124 Å². The molecule has 0 spiro atoms. The number of rotatable bonds is 4. The number of thioether (sulfide) groups is 1. The highest BCUT2D eigenvalue weighted by Gasteiger charge is 2.43. The van der Waals surface area contributed by atoms with Crippen LogP contribution in [0.2, 0.25) is 0 Å². The first kappa shape index (κ1) is 14.0. The van der Waals surface area contributed by atoms with E-state index >= 15 is 0 Å². The number of nitrogens with one attached hydrogen (secondary N) is 1. The normalized spacial score (nSPS) is 28.6. The maximum Gasteiger partial charge on any atom is 0.237 e. The van der Waals surface area contributed by atoms with E-state index in [1.54, 1.807) is 0 Å². The maximum absolute atomic E-state index is 11.7. The smallest absolute Gasteiger partial charge is 0.237 e. The van der Waals surface area contributed by atoms with E-state index in [4.69, 9.17) is 5.73 Å². The molecule has 2 unspecified atom stereocenters. The molecule has 4 heteroatoms. The highest BCUT2D eigenvalue weighted by molar-refractivity contribution is 8.00. The second-order valence-electron chi connectivity index (χ2n) is 5.96. The van der Waals surface area contributed by atoms with E-state index in [1.165, 1.54) is 35.3 Å². The van der Waals surface area contributed by atoms with Gasteiger partial charge in [-0.25, -0.2) is 0 Å². The zero-order valence-corrected chi connectivity index (χ0v) is 12.8. The van der Waals surface area contributed by atoms with Crippen molar-refractivity contribution in [3.05, 3.63) is 29.3 Å². The van der Waals surface area contributed by atoms with Crippen LogP contribution in [0, 0.1) is 0 Å². The number of hydrogen-bond donors (Lipinski definition) is 2. The number of aryl methyl sites for hydroxylation is 2. The van der Waals surface area contributed by atoms with E-state index in [2.05, 4.69) is 23.5 Å². The summed E-state index contributed by atoms with van der Waals surface area (Å²) in [5.74, 6) is -0.211. The molecule has 0 heterocycles. The van der Waals surface area contributed by atoms with Gasteiger partial charge in [0, 0.05) is 10.1 Å². The summed E-state index contributed by atoms with van der Waals surface area (Å²) in [6.07, 6.45) is 6.47. The van der Waals surface area contributed by atoms with Crippen LogP contribution in [-0.2, 0) is 17.6 Å². The van der Waals surface area contributed by atoms with Gasteiger partial charge in [-0.3, -0.25) is 4.79 Å². The molecule has 1 aromatic carbocycles. The Morgan fingerprint density at radius 1 is 1.40 bits per heavy atom. The summed E-state index contributed by atoms with van der Waals surface area (Å²) in [7, 11) is 1.84. The maximum atomic E-state index is 11.7. The Hall–Kier alpha value is -1.00. The van der Waals surface area contributed by atoms with Crippen LogP contribution < -0.4 is 11.1 Å². The number of likely N-dealkylation sites (N-methyl/N-ethyl adjacent to an activating group) is 1. The molecule has 0 aliphatic heterocycles. The van der Waals surface area contributed by atoms with Crippen molar-refractivity contribution in [2.24, 2.45) is 5.73 Å². The van der Waals surface area contributed by atoms with Crippen molar-refractivity contribution in [1.82, 2.24) is 5.32 Å². The molecule has 3 nitrogen and oxygen atoms in total. The van der Waals surface area contributed by atoms with Crippen molar-refractivity contribution in [2.75, 3.05) is 7.05 Å². The summed E-state index contributed by atoms with van der Waals surface area (Å²) < 4.78 is 0. The van der Waals surface area contributed by atoms with Crippen LogP contribution in [0.15, 0.2) is 23.1 Å². The zero-order valence-electron chi connectivity index (χ0n) is 11.9. The van der Waals surface area contributed by atoms with E-state index in [9.17, 15) is 4.79 Å². The molecule has 20 heavy (non-hydrogen) atoms. The molecule has 3 N–H and O–H groups in total. The molecule has 2 aliphatic rings. The van der Waals surface area contributed by atoms with Gasteiger partial charge in [0.05, 0.1) is 5.54 Å². The predicted molar refractivity (Wildman–Crippen MR) is 82.9 cm³/mol. The average Bonchev–Trinajstić information content (AvgIpc) is 3.05. The van der Waals surface area contributed by atoms with Gasteiger partial charge in [0.2, 0.25) is 5.91 Å². The fraction of sp³-hybridized carbons (Fsp3) is 0.562. The van der Waals surface area contributed by atoms with Gasteiger partial charge in [-0.2, -0.15) is 0 Å². The molecule has 1 saturated carbocycles. The van der Waals surface area contributed by atoms with Crippen molar-refractivity contribution in [2.45, 2.75) is 54.2 Å². The number of nitrogens with two attached hydrogens (primary N) is 1. The van der Waals surface area contributed by atoms with E-state index in [1.807, 2.05) is 18.8 Å². The first-order valence-corrected chi connectivity index (χ1v) is 8.28. The lowest BCUT2D eigenvalue weighted by atomic mass is 9.97. The van der Waals surface area contributed by atoms with E-state index in [0.717, 1.165) is 19.3 Å². The number of primary amides is 1. The van der Waals surface area contributed by atoms with Crippen molar-refractivity contribution in [3.8, 4) is 0 Å². The first-order valence-electron chi connectivity index (χ1n) is 7.40. The van der Waals surface area contributed by atoms with Crippen molar-refractivity contribution < 1.29 is 4.79 Å². The van der Waals surface area contributed by atoms with Crippen molar-refractivity contribution in [1.29, 1.82) is 0 Å². The molecule has 0 aromatic heterocycles. The van der Waals surface area contributed by atoms with Gasteiger partial charge in [0.15, 0.2) is 0 Å². The van der Waals surface area contributed by atoms with Crippen LogP contribution in [0.25, 0.3) is 0 Å². The molecular weight excluding hydrogens is 268 g/mol. The molecule has 3 rings (SSSR count). The number of benzene rings is 1. The molecule has 0 bridgehead atoms. The van der Waals surface area contributed by atoms with Gasteiger partial charge in [0.1, 0.15) is 0 Å². The molecule has 1 amide bonds. The minimum absolute atomic E-state index is 0.211. The summed E-state index contributed by atoms with van der Waals surface area (Å²) in [5.41, 5.74) is 8.10. The lowest BCUT2D eigenvalue weighted by molar-refractivity contribution is -0.124. The standard InChI is InChI=1S/C16H22N2OS/c1-18-16(15(17)19)8-7-14(10-16)20-13-6-5-11-3-2-4-12(11)9-13/h5-6,9,14,18H,2-4,7-8,10H2,1H3,(H2,17,19). The number of carbonyl (C=O) groups excluding carboxylic acids is 1. The highest BCUT2D eigenvalue weighted by Crippen LogP contribution is 2.40. The van der Waals surface area contributed by atoms with E-state index in [-0.39, 0.29) is 5.91 Å². The Morgan fingerprint density at radius 3 is 2.90 bits per heavy atom. The summed E-state index contributed by atoms with van der Waals surface area (Å²) in [6.45, 7) is 0. The van der Waals surface area contributed by atoms with Gasteiger partial charge in [-0.15, -0.1) is 11.8 Å². The third-order valence-electron chi connectivity index (χ3n) is 4.79. The Kier molecular flexibility index (Phi) is 3.78. The number of amides is 1. The predicted octanol–water partition coefficient (Wildman–Crippen LogP) is 2.26. The summed E-state index contributed by atoms with van der Waals surface area (Å²) in [4.78, 5) is 13.0. The van der Waals surface area contributed by atoms with Gasteiger partial charge >= 0.3 is 0 Å². The fourth-order valence-electron chi connectivity index (χ4n) is 3.49. The summed E-state index contributed by atoms with van der Waals surface area (Å²) in [5, 5.41) is 3.63. The molecule has 0 saturated heterocycles. The monoisotopic (exact) mass is 290 g/mol. The molecule has 0 radical (unpaired) electrons. The first-order chi connectivity index (χ1) is 9.63. The molecule has 2 aliphatic carbocycles. The van der Waals surface area contributed by atoms with Crippen molar-refractivity contribution in [3.63, 3.8) is 0 Å². The van der Waals surface area contributed by atoms with Crippen LogP contribution in [0.5, 0.6) is 0 Å². The van der Waals surface area contributed by atoms with Gasteiger partial charge in [-0.05, 0) is 68.8 Å². The molecular formula is C16H22N2OS. The Balaban J connectivity index is 1.69. The minimum Gasteiger partial charge on any atom is -0.368 e. The van der Waals surface area contributed by atoms with Crippen molar-refractivity contribution >= 4 is 17.7 Å². The van der Waals surface area contributed by atoms with Gasteiger partial charge in [-0.1, -0.05) is 6.07 Å². The highest BCUT2D eigenvalue weighted by atomic mass is 32.2. The third kappa shape index (κ3) is 2.47. The second-order valence-corrected chi connectivity index (χ2v) is 7.34. The minimum atomic E-state index is -0.492. The Morgan fingerprint density at radius 2 is 2.20 bits per heavy atom. The number of carbonyl (C=O) groups is 1. The van der Waals surface area contributed by atoms with Crippen LogP contribution in [0.1, 0.15) is 36.8 Å². The lowest BCUT2D eigenvalue weighted by Crippen LogP contribution is -2.52. The zero-order chi connectivity index (χ0) is 14.2. The van der Waals surface area contributed by atoms with Crippen LogP contribution in [-0.4, -0.2) is 23.7 Å². The molecule has 1 aromatic rings.